The zero-order valence-electron chi connectivity index (χ0n) is 25.8. The Hall–Kier alpha value is -4.86. The van der Waals surface area contributed by atoms with Crippen LogP contribution < -0.4 is 9.47 Å². The molecule has 0 saturated carbocycles. The number of hydrogen-bond acceptors (Lipinski definition) is 3. The van der Waals surface area contributed by atoms with Crippen LogP contribution in [0, 0.1) is 0 Å². The number of benzene rings is 6. The molecular formula is C42H32O2S. The zero-order valence-corrected chi connectivity index (χ0v) is 26.6. The summed E-state index contributed by atoms with van der Waals surface area (Å²) in [6, 6.07) is 44.9. The topological polar surface area (TPSA) is 18.5 Å². The van der Waals surface area contributed by atoms with Crippen LogP contribution in [-0.2, 0) is 10.8 Å². The van der Waals surface area contributed by atoms with E-state index in [2.05, 4.69) is 135 Å². The van der Waals surface area contributed by atoms with E-state index in [1.165, 1.54) is 75.8 Å². The largest absolute Gasteiger partial charge is 0.497 e. The Bertz CT molecular complexity index is 2350. The molecule has 0 amide bonds. The SMILES string of the molecule is COc1ccc2c(c1)C(C)(c1cc(C3(C)c4ccccc4-c4ccc(OC)cc43)c3sc4ccccc4c3c1)c1ccccc1-2. The number of fused-ring (bicyclic) bond motifs is 9. The number of ether oxygens (including phenoxy) is 2. The van der Waals surface area contributed by atoms with Crippen molar-refractivity contribution >= 4 is 31.5 Å². The summed E-state index contributed by atoms with van der Waals surface area (Å²) < 4.78 is 14.3. The summed E-state index contributed by atoms with van der Waals surface area (Å²) in [4.78, 5) is 0. The van der Waals surface area contributed by atoms with E-state index in [1.54, 1.807) is 14.2 Å². The van der Waals surface area contributed by atoms with E-state index in [0.717, 1.165) is 11.5 Å². The van der Waals surface area contributed by atoms with Crippen molar-refractivity contribution in [3.05, 3.63) is 155 Å². The maximum atomic E-state index is 5.81. The summed E-state index contributed by atoms with van der Waals surface area (Å²) in [5.74, 6) is 1.77. The third kappa shape index (κ3) is 3.39. The van der Waals surface area contributed by atoms with Gasteiger partial charge in [-0.25, -0.2) is 0 Å². The van der Waals surface area contributed by atoms with Crippen molar-refractivity contribution in [1.29, 1.82) is 0 Å². The second kappa shape index (κ2) is 9.32. The molecule has 0 spiro atoms. The van der Waals surface area contributed by atoms with Gasteiger partial charge in [0.05, 0.1) is 14.2 Å². The molecule has 1 heterocycles. The standard InChI is InChI=1S/C42H32O2S/c1-41(34-14-8-5-11-28(34)30-19-17-26(43-3)23-36(30)41)25-21-33-32-13-7-10-16-39(32)45-40(33)38(22-25)42(2)35-15-9-6-12-29(35)31-20-18-27(44-4)24-37(31)42/h5-24H,1-4H3. The molecule has 0 aliphatic heterocycles. The Kier molecular flexibility index (Phi) is 5.50. The fraction of sp³-hybridized carbons (Fsp3) is 0.143. The van der Waals surface area contributed by atoms with Crippen LogP contribution in [0.15, 0.2) is 121 Å². The molecule has 2 nitrogen and oxygen atoms in total. The average molecular weight is 601 g/mol. The maximum absolute atomic E-state index is 5.81. The molecule has 7 aromatic rings. The Balaban J connectivity index is 1.43. The van der Waals surface area contributed by atoms with Gasteiger partial charge in [-0.05, 0) is 106 Å². The average Bonchev–Trinajstić information content (AvgIpc) is 3.69. The highest BCUT2D eigenvalue weighted by molar-refractivity contribution is 7.26. The van der Waals surface area contributed by atoms with Gasteiger partial charge in [0.15, 0.2) is 0 Å². The van der Waals surface area contributed by atoms with Gasteiger partial charge in [0.1, 0.15) is 11.5 Å². The molecule has 0 N–H and O–H groups in total. The van der Waals surface area contributed by atoms with Crippen molar-refractivity contribution in [3.63, 3.8) is 0 Å². The lowest BCUT2D eigenvalue weighted by atomic mass is 9.69. The summed E-state index contributed by atoms with van der Waals surface area (Å²) in [6.07, 6.45) is 0. The normalized spacial score (nSPS) is 19.3. The number of rotatable bonds is 4. The molecule has 6 aromatic carbocycles. The quantitative estimate of drug-likeness (QED) is 0.200. The molecule has 0 fully saturated rings. The van der Waals surface area contributed by atoms with Gasteiger partial charge in [0.2, 0.25) is 0 Å². The summed E-state index contributed by atoms with van der Waals surface area (Å²) in [5.41, 5.74) is 12.3. The lowest BCUT2D eigenvalue weighted by Crippen LogP contribution is -2.26. The van der Waals surface area contributed by atoms with Gasteiger partial charge in [-0.15, -0.1) is 11.3 Å². The molecule has 9 rings (SSSR count). The van der Waals surface area contributed by atoms with E-state index in [4.69, 9.17) is 9.47 Å². The summed E-state index contributed by atoms with van der Waals surface area (Å²) >= 11 is 1.91. The third-order valence-electron chi connectivity index (χ3n) is 10.6. The molecule has 3 heteroatoms. The molecule has 2 atom stereocenters. The Morgan fingerprint density at radius 1 is 0.467 bits per heavy atom. The van der Waals surface area contributed by atoms with Crippen LogP contribution >= 0.6 is 11.3 Å². The van der Waals surface area contributed by atoms with Crippen LogP contribution in [-0.4, -0.2) is 14.2 Å². The lowest BCUT2D eigenvalue weighted by Gasteiger charge is -2.33. The number of thiophene rings is 1. The third-order valence-corrected chi connectivity index (χ3v) is 11.9. The first-order chi connectivity index (χ1) is 22.0. The van der Waals surface area contributed by atoms with Crippen LogP contribution in [0.4, 0.5) is 0 Å². The molecule has 2 aliphatic rings. The molecule has 0 bridgehead atoms. The Morgan fingerprint density at radius 2 is 1.00 bits per heavy atom. The first-order valence-corrected chi connectivity index (χ1v) is 16.3. The minimum atomic E-state index is -0.388. The predicted octanol–water partition coefficient (Wildman–Crippen LogP) is 10.7. The lowest BCUT2D eigenvalue weighted by molar-refractivity contribution is 0.413. The molecule has 1 aromatic heterocycles. The van der Waals surface area contributed by atoms with Crippen molar-refractivity contribution in [2.75, 3.05) is 14.2 Å². The molecule has 0 radical (unpaired) electrons. The summed E-state index contributed by atoms with van der Waals surface area (Å²) in [5, 5.41) is 2.62. The fourth-order valence-corrected chi connectivity index (χ4v) is 9.59. The van der Waals surface area contributed by atoms with Crippen molar-refractivity contribution in [1.82, 2.24) is 0 Å². The molecule has 45 heavy (non-hydrogen) atoms. The fourth-order valence-electron chi connectivity index (χ4n) is 8.28. The molecule has 2 unspecified atom stereocenters. The van der Waals surface area contributed by atoms with E-state index < -0.39 is 0 Å². The van der Waals surface area contributed by atoms with Crippen LogP contribution in [0.1, 0.15) is 47.2 Å². The number of hydrogen-bond donors (Lipinski definition) is 0. The van der Waals surface area contributed by atoms with Crippen molar-refractivity contribution in [2.24, 2.45) is 0 Å². The van der Waals surface area contributed by atoms with Crippen LogP contribution in [0.3, 0.4) is 0 Å². The van der Waals surface area contributed by atoms with Crippen molar-refractivity contribution in [3.8, 4) is 33.8 Å². The highest BCUT2D eigenvalue weighted by Crippen LogP contribution is 2.58. The Morgan fingerprint density at radius 3 is 1.64 bits per heavy atom. The van der Waals surface area contributed by atoms with Crippen LogP contribution in [0.2, 0.25) is 0 Å². The smallest absolute Gasteiger partial charge is 0.119 e. The van der Waals surface area contributed by atoms with E-state index >= 15 is 0 Å². The predicted molar refractivity (Wildman–Crippen MR) is 187 cm³/mol. The van der Waals surface area contributed by atoms with Gasteiger partial charge in [-0.1, -0.05) is 84.9 Å². The van der Waals surface area contributed by atoms with Gasteiger partial charge < -0.3 is 9.47 Å². The van der Waals surface area contributed by atoms with Gasteiger partial charge in [-0.3, -0.25) is 0 Å². The second-order valence-corrected chi connectivity index (χ2v) is 13.7. The van der Waals surface area contributed by atoms with Gasteiger partial charge in [-0.2, -0.15) is 0 Å². The minimum Gasteiger partial charge on any atom is -0.497 e. The first-order valence-electron chi connectivity index (χ1n) is 15.5. The minimum absolute atomic E-state index is 0.377. The van der Waals surface area contributed by atoms with E-state index in [0.29, 0.717) is 0 Å². The van der Waals surface area contributed by atoms with E-state index in [9.17, 15) is 0 Å². The highest BCUT2D eigenvalue weighted by Gasteiger charge is 2.45. The zero-order chi connectivity index (χ0) is 30.5. The monoisotopic (exact) mass is 600 g/mol. The van der Waals surface area contributed by atoms with Crippen LogP contribution in [0.5, 0.6) is 11.5 Å². The van der Waals surface area contributed by atoms with Gasteiger partial charge >= 0.3 is 0 Å². The number of methoxy groups -OCH3 is 2. The molecule has 0 saturated heterocycles. The van der Waals surface area contributed by atoms with E-state index in [-0.39, 0.29) is 10.8 Å². The Labute approximate surface area is 267 Å². The molecule has 2 aliphatic carbocycles. The molecular weight excluding hydrogens is 569 g/mol. The maximum Gasteiger partial charge on any atom is 0.119 e. The summed E-state index contributed by atoms with van der Waals surface area (Å²) in [6.45, 7) is 4.82. The highest BCUT2D eigenvalue weighted by atomic mass is 32.1. The second-order valence-electron chi connectivity index (χ2n) is 12.7. The van der Waals surface area contributed by atoms with Crippen molar-refractivity contribution in [2.45, 2.75) is 24.7 Å². The van der Waals surface area contributed by atoms with Crippen molar-refractivity contribution < 1.29 is 9.47 Å². The van der Waals surface area contributed by atoms with Crippen LogP contribution in [0.25, 0.3) is 42.4 Å². The first kappa shape index (κ1) is 26.5. The van der Waals surface area contributed by atoms with Gasteiger partial charge in [0, 0.05) is 31.0 Å². The van der Waals surface area contributed by atoms with Gasteiger partial charge in [0.25, 0.3) is 0 Å². The molecule has 218 valence electrons. The summed E-state index contributed by atoms with van der Waals surface area (Å²) in [7, 11) is 3.52. The van der Waals surface area contributed by atoms with E-state index in [1.807, 2.05) is 11.3 Å².